The van der Waals surface area contributed by atoms with E-state index in [1.54, 1.807) is 13.2 Å². The zero-order valence-electron chi connectivity index (χ0n) is 10.4. The average molecular weight is 256 g/mol. The number of nitrogens with two attached hydrogens (primary N) is 1. The minimum absolute atomic E-state index is 0.0129. The molecule has 0 saturated carbocycles. The van der Waals surface area contributed by atoms with Gasteiger partial charge in [0.25, 0.3) is 0 Å². The number of halogens is 1. The van der Waals surface area contributed by atoms with Gasteiger partial charge in [-0.25, -0.2) is 0 Å². The second-order valence-electron chi connectivity index (χ2n) is 4.20. The van der Waals surface area contributed by atoms with Crippen LogP contribution in [0.1, 0.15) is 42.1 Å². The number of rotatable bonds is 5. The Hall–Kier alpha value is -1.06. The molecule has 0 aliphatic rings. The Morgan fingerprint density at radius 2 is 2.12 bits per heavy atom. The van der Waals surface area contributed by atoms with Crippen LogP contribution in [-0.2, 0) is 0 Å². The lowest BCUT2D eigenvalue weighted by Gasteiger charge is -2.15. The van der Waals surface area contributed by atoms with Crippen molar-refractivity contribution >= 4 is 17.4 Å². The van der Waals surface area contributed by atoms with Gasteiger partial charge in [-0.1, -0.05) is 25.4 Å². The first kappa shape index (κ1) is 14.0. The summed E-state index contributed by atoms with van der Waals surface area (Å²) in [6, 6.07) is 3.48. The average Bonchev–Trinajstić information content (AvgIpc) is 2.28. The first-order valence-corrected chi connectivity index (χ1v) is 5.99. The van der Waals surface area contributed by atoms with Crippen LogP contribution in [-0.4, -0.2) is 19.4 Å². The number of ketones is 1. The van der Waals surface area contributed by atoms with Crippen molar-refractivity contribution in [3.8, 4) is 5.75 Å². The van der Waals surface area contributed by atoms with Crippen LogP contribution in [0.4, 0.5) is 0 Å². The molecular formula is C13H18ClNO2. The van der Waals surface area contributed by atoms with Crippen LogP contribution in [0.25, 0.3) is 0 Å². The maximum atomic E-state index is 11.8. The highest BCUT2D eigenvalue weighted by Crippen LogP contribution is 2.35. The first-order valence-electron chi connectivity index (χ1n) is 5.62. The van der Waals surface area contributed by atoms with Crippen LogP contribution in [0.5, 0.6) is 5.75 Å². The fourth-order valence-electron chi connectivity index (χ4n) is 1.70. The number of hydrogen-bond donors (Lipinski definition) is 1. The van der Waals surface area contributed by atoms with Gasteiger partial charge in [0.1, 0.15) is 5.75 Å². The van der Waals surface area contributed by atoms with E-state index in [0.717, 1.165) is 5.56 Å². The molecule has 0 heterocycles. The summed E-state index contributed by atoms with van der Waals surface area (Å²) in [7, 11) is 1.58. The number of Topliss-reactive ketones (excluding diaryl/α,β-unsaturated/α-hetero) is 1. The SMILES string of the molecule is COc1c(Cl)cc(C(=O)CCN)cc1C(C)C. The van der Waals surface area contributed by atoms with Gasteiger partial charge < -0.3 is 10.5 Å². The van der Waals surface area contributed by atoms with Crippen molar-refractivity contribution in [1.29, 1.82) is 0 Å². The Morgan fingerprint density at radius 3 is 2.59 bits per heavy atom. The van der Waals surface area contributed by atoms with Crippen LogP contribution < -0.4 is 10.5 Å². The van der Waals surface area contributed by atoms with E-state index in [2.05, 4.69) is 0 Å². The van der Waals surface area contributed by atoms with E-state index in [1.807, 2.05) is 19.9 Å². The van der Waals surface area contributed by atoms with E-state index >= 15 is 0 Å². The molecule has 0 spiro atoms. The summed E-state index contributed by atoms with van der Waals surface area (Å²) in [5.41, 5.74) is 6.93. The maximum absolute atomic E-state index is 11.8. The zero-order chi connectivity index (χ0) is 13.0. The van der Waals surface area contributed by atoms with Gasteiger partial charge in [-0.05, 0) is 30.2 Å². The van der Waals surface area contributed by atoms with Gasteiger partial charge >= 0.3 is 0 Å². The molecule has 0 atom stereocenters. The van der Waals surface area contributed by atoms with Crippen molar-refractivity contribution < 1.29 is 9.53 Å². The van der Waals surface area contributed by atoms with Gasteiger partial charge in [0.15, 0.2) is 5.78 Å². The fourth-order valence-corrected chi connectivity index (χ4v) is 2.00. The van der Waals surface area contributed by atoms with Crippen molar-refractivity contribution in [3.63, 3.8) is 0 Å². The molecule has 0 bridgehead atoms. The Kier molecular flexibility index (Phi) is 4.97. The van der Waals surface area contributed by atoms with Crippen molar-refractivity contribution in [3.05, 3.63) is 28.3 Å². The Bertz CT molecular complexity index is 416. The number of ether oxygens (including phenoxy) is 1. The predicted molar refractivity (Wildman–Crippen MR) is 70.1 cm³/mol. The molecule has 1 aromatic carbocycles. The third-order valence-electron chi connectivity index (χ3n) is 2.59. The maximum Gasteiger partial charge on any atom is 0.164 e. The number of hydrogen-bond acceptors (Lipinski definition) is 3. The van der Waals surface area contributed by atoms with Crippen molar-refractivity contribution in [2.24, 2.45) is 5.73 Å². The second-order valence-corrected chi connectivity index (χ2v) is 4.60. The minimum Gasteiger partial charge on any atom is -0.495 e. The standard InChI is InChI=1S/C13H18ClNO2/c1-8(2)10-6-9(12(16)4-5-15)7-11(14)13(10)17-3/h6-8H,4-5,15H2,1-3H3. The number of methoxy groups -OCH3 is 1. The van der Waals surface area contributed by atoms with Gasteiger partial charge in [-0.15, -0.1) is 0 Å². The van der Waals surface area contributed by atoms with Crippen molar-refractivity contribution in [2.75, 3.05) is 13.7 Å². The molecule has 4 heteroatoms. The highest BCUT2D eigenvalue weighted by Gasteiger charge is 2.16. The summed E-state index contributed by atoms with van der Waals surface area (Å²) in [6.07, 6.45) is 0.334. The summed E-state index contributed by atoms with van der Waals surface area (Å²) in [4.78, 5) is 11.8. The summed E-state index contributed by atoms with van der Waals surface area (Å²) < 4.78 is 5.26. The molecular weight excluding hydrogens is 238 g/mol. The highest BCUT2D eigenvalue weighted by molar-refractivity contribution is 6.32. The zero-order valence-corrected chi connectivity index (χ0v) is 11.2. The van der Waals surface area contributed by atoms with Gasteiger partial charge in [-0.3, -0.25) is 4.79 Å². The topological polar surface area (TPSA) is 52.3 Å². The molecule has 0 radical (unpaired) electrons. The number of benzene rings is 1. The van der Waals surface area contributed by atoms with Crippen molar-refractivity contribution in [2.45, 2.75) is 26.2 Å². The van der Waals surface area contributed by atoms with Crippen LogP contribution in [0.3, 0.4) is 0 Å². The quantitative estimate of drug-likeness (QED) is 0.823. The van der Waals surface area contributed by atoms with Gasteiger partial charge in [0, 0.05) is 12.0 Å². The van der Waals surface area contributed by atoms with Crippen LogP contribution in [0.15, 0.2) is 12.1 Å². The Labute approximate surface area is 107 Å². The van der Waals surface area contributed by atoms with Crippen LogP contribution in [0.2, 0.25) is 5.02 Å². The van der Waals surface area contributed by atoms with Gasteiger partial charge in [0.2, 0.25) is 0 Å². The van der Waals surface area contributed by atoms with Crippen molar-refractivity contribution in [1.82, 2.24) is 0 Å². The molecule has 3 nitrogen and oxygen atoms in total. The third kappa shape index (κ3) is 3.20. The molecule has 1 rings (SSSR count). The minimum atomic E-state index is 0.0129. The molecule has 0 saturated heterocycles. The lowest BCUT2D eigenvalue weighted by Crippen LogP contribution is -2.09. The predicted octanol–water partition coefficient (Wildman–Crippen LogP) is 3.00. The molecule has 2 N–H and O–H groups in total. The van der Waals surface area contributed by atoms with Crippen LogP contribution >= 0.6 is 11.6 Å². The second kappa shape index (κ2) is 6.03. The summed E-state index contributed by atoms with van der Waals surface area (Å²) in [5, 5.41) is 0.471. The van der Waals surface area contributed by atoms with Crippen LogP contribution in [0, 0.1) is 0 Å². The molecule has 0 amide bonds. The summed E-state index contributed by atoms with van der Waals surface area (Å²) in [6.45, 7) is 4.41. The molecule has 94 valence electrons. The normalized spacial score (nSPS) is 10.7. The molecule has 0 aliphatic heterocycles. The first-order chi connectivity index (χ1) is 8.01. The van der Waals surface area contributed by atoms with E-state index in [1.165, 1.54) is 0 Å². The molecule has 0 fully saturated rings. The summed E-state index contributed by atoms with van der Waals surface area (Å²) >= 11 is 6.11. The van der Waals surface area contributed by atoms with E-state index in [4.69, 9.17) is 22.1 Å². The number of carbonyl (C=O) groups excluding carboxylic acids is 1. The molecule has 1 aromatic rings. The summed E-state index contributed by atoms with van der Waals surface area (Å²) in [5.74, 6) is 0.901. The molecule has 0 aromatic heterocycles. The lowest BCUT2D eigenvalue weighted by atomic mass is 9.97. The third-order valence-corrected chi connectivity index (χ3v) is 2.87. The monoisotopic (exact) mass is 255 g/mol. The fraction of sp³-hybridized carbons (Fsp3) is 0.462. The number of carbonyl (C=O) groups is 1. The van der Waals surface area contributed by atoms with E-state index < -0.39 is 0 Å². The smallest absolute Gasteiger partial charge is 0.164 e. The molecule has 0 aliphatic carbocycles. The Balaban J connectivity index is 3.24. The van der Waals surface area contributed by atoms with E-state index in [-0.39, 0.29) is 11.7 Å². The van der Waals surface area contributed by atoms with E-state index in [9.17, 15) is 4.79 Å². The van der Waals surface area contributed by atoms with E-state index in [0.29, 0.717) is 29.3 Å². The largest absolute Gasteiger partial charge is 0.495 e. The lowest BCUT2D eigenvalue weighted by molar-refractivity contribution is 0.0985. The molecule has 0 unspecified atom stereocenters. The van der Waals surface area contributed by atoms with Gasteiger partial charge in [-0.2, -0.15) is 0 Å². The highest BCUT2D eigenvalue weighted by atomic mass is 35.5. The Morgan fingerprint density at radius 1 is 1.47 bits per heavy atom. The van der Waals surface area contributed by atoms with Gasteiger partial charge in [0.05, 0.1) is 12.1 Å². The molecule has 17 heavy (non-hydrogen) atoms.